The van der Waals surface area contributed by atoms with Crippen molar-refractivity contribution in [2.24, 2.45) is 0 Å². The van der Waals surface area contributed by atoms with Gasteiger partial charge in [-0.15, -0.1) is 11.3 Å². The third kappa shape index (κ3) is 5.85. The third-order valence-electron chi connectivity index (χ3n) is 3.77. The lowest BCUT2D eigenvalue weighted by Crippen LogP contribution is -2.22. The summed E-state index contributed by atoms with van der Waals surface area (Å²) in [4.78, 5) is 28.3. The minimum atomic E-state index is -0.387. The van der Waals surface area contributed by atoms with Crippen LogP contribution in [0, 0.1) is 0 Å². The minimum absolute atomic E-state index is 0.0869. The van der Waals surface area contributed by atoms with E-state index in [1.165, 1.54) is 11.3 Å². The van der Waals surface area contributed by atoms with Gasteiger partial charge in [0.05, 0.1) is 25.6 Å². The zero-order valence-corrected chi connectivity index (χ0v) is 16.0. The van der Waals surface area contributed by atoms with Crippen molar-refractivity contribution in [3.8, 4) is 5.75 Å². The first-order valence-corrected chi connectivity index (χ1v) is 9.46. The number of furan rings is 1. The molecule has 0 bridgehead atoms. The van der Waals surface area contributed by atoms with Gasteiger partial charge in [-0.1, -0.05) is 0 Å². The molecule has 0 fully saturated rings. The highest BCUT2D eigenvalue weighted by molar-refractivity contribution is 7.13. The number of nitrogens with zero attached hydrogens (tertiary/aromatic N) is 1. The van der Waals surface area contributed by atoms with Crippen molar-refractivity contribution in [2.75, 3.05) is 17.7 Å². The first-order valence-electron chi connectivity index (χ1n) is 8.58. The van der Waals surface area contributed by atoms with Gasteiger partial charge in [0.1, 0.15) is 11.5 Å². The van der Waals surface area contributed by atoms with Crippen LogP contribution in [0.3, 0.4) is 0 Å². The Morgan fingerprint density at radius 3 is 2.71 bits per heavy atom. The van der Waals surface area contributed by atoms with Gasteiger partial charge < -0.3 is 19.8 Å². The monoisotopic (exact) mass is 400 g/mol. The Labute approximate surface area is 165 Å². The van der Waals surface area contributed by atoms with E-state index in [1.54, 1.807) is 49.8 Å². The number of benzene rings is 1. The fraction of sp³-hybridized carbons (Fsp3) is 0.211. The molecule has 2 aromatic heterocycles. The number of nitrogens with one attached hydrogen (secondary N) is 3. The Morgan fingerprint density at radius 2 is 2.00 bits per heavy atom. The maximum absolute atomic E-state index is 12.0. The normalized spacial score (nSPS) is 10.3. The molecule has 3 N–H and O–H groups in total. The molecule has 0 unspecified atom stereocenters. The smallest absolute Gasteiger partial charge is 0.325 e. The van der Waals surface area contributed by atoms with E-state index < -0.39 is 0 Å². The topological polar surface area (TPSA) is 105 Å². The molecule has 0 saturated heterocycles. The number of methoxy groups -OCH3 is 1. The Balaban J connectivity index is 1.41. The van der Waals surface area contributed by atoms with Crippen LogP contribution in [-0.2, 0) is 17.8 Å². The van der Waals surface area contributed by atoms with E-state index in [0.717, 1.165) is 5.69 Å². The van der Waals surface area contributed by atoms with Crippen molar-refractivity contribution in [2.45, 2.75) is 19.4 Å². The number of ether oxygens (including phenoxy) is 1. The zero-order chi connectivity index (χ0) is 19.8. The van der Waals surface area contributed by atoms with Crippen LogP contribution in [0.4, 0.5) is 15.6 Å². The number of hydrogen-bond donors (Lipinski definition) is 3. The SMILES string of the molecule is COc1ccc(NC(=O)Nc2nc(CCC(=O)NCc3ccco3)cs2)cc1. The number of rotatable bonds is 8. The number of anilines is 2. The Bertz CT molecular complexity index is 906. The molecule has 2 heterocycles. The van der Waals surface area contributed by atoms with E-state index in [4.69, 9.17) is 9.15 Å². The van der Waals surface area contributed by atoms with Gasteiger partial charge in [-0.2, -0.15) is 0 Å². The second-order valence-corrected chi connectivity index (χ2v) is 6.67. The number of aromatic nitrogens is 1. The number of amides is 3. The minimum Gasteiger partial charge on any atom is -0.497 e. The molecule has 0 aliphatic carbocycles. The number of carbonyl (C=O) groups excluding carboxylic acids is 2. The number of aryl methyl sites for hydroxylation is 1. The molecule has 0 spiro atoms. The predicted octanol–water partition coefficient (Wildman–Crippen LogP) is 3.64. The molecule has 9 heteroatoms. The molecule has 3 amide bonds. The molecule has 1 aromatic carbocycles. The first-order chi connectivity index (χ1) is 13.6. The summed E-state index contributed by atoms with van der Waals surface area (Å²) in [6, 6.07) is 10.2. The largest absolute Gasteiger partial charge is 0.497 e. The summed E-state index contributed by atoms with van der Waals surface area (Å²) in [5, 5.41) is 10.5. The Kier molecular flexibility index (Phi) is 6.64. The van der Waals surface area contributed by atoms with Crippen molar-refractivity contribution in [3.05, 3.63) is 59.5 Å². The van der Waals surface area contributed by atoms with Crippen LogP contribution in [0.2, 0.25) is 0 Å². The van der Waals surface area contributed by atoms with Gasteiger partial charge in [-0.3, -0.25) is 10.1 Å². The lowest BCUT2D eigenvalue weighted by Gasteiger charge is -2.06. The lowest BCUT2D eigenvalue weighted by atomic mass is 10.2. The molecule has 146 valence electrons. The van der Waals surface area contributed by atoms with Crippen LogP contribution in [0.25, 0.3) is 0 Å². The van der Waals surface area contributed by atoms with E-state index >= 15 is 0 Å². The van der Waals surface area contributed by atoms with Crippen LogP contribution < -0.4 is 20.7 Å². The van der Waals surface area contributed by atoms with Gasteiger partial charge >= 0.3 is 6.03 Å². The molecule has 0 radical (unpaired) electrons. The summed E-state index contributed by atoms with van der Waals surface area (Å²) in [5.41, 5.74) is 1.39. The van der Waals surface area contributed by atoms with Crippen LogP contribution >= 0.6 is 11.3 Å². The lowest BCUT2D eigenvalue weighted by molar-refractivity contribution is -0.121. The summed E-state index contributed by atoms with van der Waals surface area (Å²) >= 11 is 1.31. The molecule has 28 heavy (non-hydrogen) atoms. The predicted molar refractivity (Wildman–Crippen MR) is 107 cm³/mol. The van der Waals surface area contributed by atoms with Crippen LogP contribution in [-0.4, -0.2) is 24.0 Å². The third-order valence-corrected chi connectivity index (χ3v) is 4.57. The second-order valence-electron chi connectivity index (χ2n) is 5.81. The molecule has 0 atom stereocenters. The molecular weight excluding hydrogens is 380 g/mol. The van der Waals surface area contributed by atoms with Crippen molar-refractivity contribution in [3.63, 3.8) is 0 Å². The number of thiazole rings is 1. The highest BCUT2D eigenvalue weighted by Gasteiger charge is 2.09. The maximum Gasteiger partial charge on any atom is 0.325 e. The van der Waals surface area contributed by atoms with Gasteiger partial charge in [-0.25, -0.2) is 9.78 Å². The molecule has 0 aliphatic heterocycles. The van der Waals surface area contributed by atoms with Gasteiger partial charge in [0.25, 0.3) is 0 Å². The standard InChI is InChI=1S/C19H20N4O4S/c1-26-15-7-4-13(5-8-15)21-18(25)23-19-22-14(12-28-19)6-9-17(24)20-11-16-3-2-10-27-16/h2-5,7-8,10,12H,6,9,11H2,1H3,(H,20,24)(H2,21,22,23,25). The fourth-order valence-corrected chi connectivity index (χ4v) is 3.08. The Hall–Kier alpha value is -3.33. The van der Waals surface area contributed by atoms with Gasteiger partial charge in [0.2, 0.25) is 5.91 Å². The summed E-state index contributed by atoms with van der Waals surface area (Å²) < 4.78 is 10.2. The molecule has 0 saturated carbocycles. The van der Waals surface area contributed by atoms with Gasteiger partial charge in [0.15, 0.2) is 5.13 Å². The number of carbonyl (C=O) groups is 2. The van der Waals surface area contributed by atoms with Crippen LogP contribution in [0.1, 0.15) is 17.9 Å². The summed E-state index contributed by atoms with van der Waals surface area (Å²) in [6.45, 7) is 0.362. The second kappa shape index (κ2) is 9.56. The van der Waals surface area contributed by atoms with Crippen LogP contribution in [0.5, 0.6) is 5.75 Å². The summed E-state index contributed by atoms with van der Waals surface area (Å²) in [7, 11) is 1.58. The van der Waals surface area contributed by atoms with Crippen molar-refractivity contribution < 1.29 is 18.7 Å². The van der Waals surface area contributed by atoms with E-state index in [-0.39, 0.29) is 11.9 Å². The Morgan fingerprint density at radius 1 is 1.18 bits per heavy atom. The van der Waals surface area contributed by atoms with Crippen molar-refractivity contribution in [1.82, 2.24) is 10.3 Å². The van der Waals surface area contributed by atoms with E-state index in [9.17, 15) is 9.59 Å². The molecule has 8 nitrogen and oxygen atoms in total. The number of urea groups is 1. The van der Waals surface area contributed by atoms with Gasteiger partial charge in [-0.05, 0) is 42.8 Å². The quantitative estimate of drug-likeness (QED) is 0.535. The van der Waals surface area contributed by atoms with E-state index in [0.29, 0.717) is 41.7 Å². The maximum atomic E-state index is 12.0. The van der Waals surface area contributed by atoms with Crippen LogP contribution in [0.15, 0.2) is 52.5 Å². The van der Waals surface area contributed by atoms with E-state index in [2.05, 4.69) is 20.9 Å². The average molecular weight is 400 g/mol. The average Bonchev–Trinajstić information content (AvgIpc) is 3.37. The number of hydrogen-bond acceptors (Lipinski definition) is 6. The fourth-order valence-electron chi connectivity index (χ4n) is 2.34. The first kappa shape index (κ1) is 19.4. The highest BCUT2D eigenvalue weighted by atomic mass is 32.1. The summed E-state index contributed by atoms with van der Waals surface area (Å²) in [6.07, 6.45) is 2.36. The molecular formula is C19H20N4O4S. The van der Waals surface area contributed by atoms with Crippen molar-refractivity contribution in [1.29, 1.82) is 0 Å². The molecule has 3 aromatic rings. The van der Waals surface area contributed by atoms with E-state index in [1.807, 2.05) is 5.38 Å². The van der Waals surface area contributed by atoms with Crippen molar-refractivity contribution >= 4 is 34.1 Å². The summed E-state index contributed by atoms with van der Waals surface area (Å²) in [5.74, 6) is 1.33. The van der Waals surface area contributed by atoms with Gasteiger partial charge in [0, 0.05) is 17.5 Å². The zero-order valence-electron chi connectivity index (χ0n) is 15.2. The highest BCUT2D eigenvalue weighted by Crippen LogP contribution is 2.18. The molecule has 3 rings (SSSR count). The molecule has 0 aliphatic rings.